The third-order valence-corrected chi connectivity index (χ3v) is 4.55. The topological polar surface area (TPSA) is 20.2 Å². The normalized spacial score (nSPS) is 18.0. The molecule has 1 saturated carbocycles. The number of halogens is 1. The van der Waals surface area contributed by atoms with E-state index in [1.165, 1.54) is 37.0 Å². The Labute approximate surface area is 125 Å². The number of rotatable bonds is 4. The first-order chi connectivity index (χ1) is 10.0. The van der Waals surface area contributed by atoms with Gasteiger partial charge >= 0.3 is 0 Å². The van der Waals surface area contributed by atoms with Gasteiger partial charge in [-0.1, -0.05) is 42.8 Å². The van der Waals surface area contributed by atoms with Crippen LogP contribution in [0.1, 0.15) is 48.8 Å². The van der Waals surface area contributed by atoms with Crippen LogP contribution in [0.5, 0.6) is 0 Å². The molecule has 1 aliphatic carbocycles. The molecule has 1 fully saturated rings. The van der Waals surface area contributed by atoms with Gasteiger partial charge in [-0.25, -0.2) is 4.39 Å². The fourth-order valence-corrected chi connectivity index (χ4v) is 3.00. The van der Waals surface area contributed by atoms with Crippen molar-refractivity contribution in [2.24, 2.45) is 0 Å². The molecule has 3 rings (SSSR count). The molecular weight excluding hydrogens is 263 g/mol. The van der Waals surface area contributed by atoms with Crippen molar-refractivity contribution in [3.8, 4) is 0 Å². The summed E-state index contributed by atoms with van der Waals surface area (Å²) in [6.07, 6.45) is 4.29. The molecule has 1 N–H and O–H groups in total. The van der Waals surface area contributed by atoms with E-state index in [1.807, 2.05) is 18.2 Å². The van der Waals surface area contributed by atoms with Crippen LogP contribution in [0.3, 0.4) is 0 Å². The van der Waals surface area contributed by atoms with Crippen LogP contribution in [0.2, 0.25) is 0 Å². The zero-order valence-corrected chi connectivity index (χ0v) is 12.3. The summed E-state index contributed by atoms with van der Waals surface area (Å²) in [6.45, 7) is 1.79. The Morgan fingerprint density at radius 1 is 1.14 bits per heavy atom. The minimum absolute atomic E-state index is 0.261. The van der Waals surface area contributed by atoms with Crippen molar-refractivity contribution >= 4 is 0 Å². The quantitative estimate of drug-likeness (QED) is 0.873. The maximum absolute atomic E-state index is 13.3. The molecular formula is C19H21FO. The first-order valence-electron chi connectivity index (χ1n) is 7.62. The smallest absolute Gasteiger partial charge is 0.123 e. The highest BCUT2D eigenvalue weighted by molar-refractivity contribution is 5.31. The summed E-state index contributed by atoms with van der Waals surface area (Å²) < 4.78 is 13.3. The summed E-state index contributed by atoms with van der Waals surface area (Å²) in [4.78, 5) is 0. The second kappa shape index (κ2) is 5.61. The second-order valence-corrected chi connectivity index (χ2v) is 6.33. The lowest BCUT2D eigenvalue weighted by Gasteiger charge is -2.28. The third kappa shape index (κ3) is 3.16. The van der Waals surface area contributed by atoms with Crippen LogP contribution in [0.25, 0.3) is 0 Å². The fourth-order valence-electron chi connectivity index (χ4n) is 3.00. The molecule has 0 aromatic heterocycles. The molecule has 0 aliphatic heterocycles. The van der Waals surface area contributed by atoms with Crippen LogP contribution in [-0.4, -0.2) is 5.11 Å². The van der Waals surface area contributed by atoms with Gasteiger partial charge in [0.25, 0.3) is 0 Å². The van der Waals surface area contributed by atoms with Crippen molar-refractivity contribution in [2.45, 2.75) is 44.1 Å². The highest BCUT2D eigenvalue weighted by Crippen LogP contribution is 2.37. The van der Waals surface area contributed by atoms with Crippen LogP contribution in [0.15, 0.2) is 48.5 Å². The lowest BCUT2D eigenvalue weighted by molar-refractivity contribution is 0.0575. The molecule has 0 radical (unpaired) electrons. The Balaban J connectivity index is 1.77. The lowest BCUT2D eigenvalue weighted by atomic mass is 9.79. The monoisotopic (exact) mass is 284 g/mol. The van der Waals surface area contributed by atoms with E-state index >= 15 is 0 Å². The van der Waals surface area contributed by atoms with Crippen LogP contribution in [0, 0.1) is 5.82 Å². The van der Waals surface area contributed by atoms with E-state index in [0.29, 0.717) is 12.3 Å². The van der Waals surface area contributed by atoms with Crippen molar-refractivity contribution in [1.29, 1.82) is 0 Å². The van der Waals surface area contributed by atoms with Gasteiger partial charge in [0.1, 0.15) is 5.82 Å². The maximum Gasteiger partial charge on any atom is 0.123 e. The molecule has 21 heavy (non-hydrogen) atoms. The van der Waals surface area contributed by atoms with Gasteiger partial charge in [-0.15, -0.1) is 0 Å². The molecule has 0 spiro atoms. The van der Waals surface area contributed by atoms with Crippen molar-refractivity contribution < 1.29 is 9.50 Å². The average Bonchev–Trinajstić information content (AvgIpc) is 2.37. The molecule has 0 heterocycles. The van der Waals surface area contributed by atoms with Crippen molar-refractivity contribution in [3.63, 3.8) is 0 Å². The summed E-state index contributed by atoms with van der Waals surface area (Å²) in [5.41, 5.74) is 2.08. The number of hydrogen-bond donors (Lipinski definition) is 1. The van der Waals surface area contributed by atoms with Crippen LogP contribution in [0.4, 0.5) is 4.39 Å². The molecule has 1 atom stereocenters. The molecule has 110 valence electrons. The van der Waals surface area contributed by atoms with Gasteiger partial charge in [0, 0.05) is 6.42 Å². The van der Waals surface area contributed by atoms with Crippen molar-refractivity contribution in [3.05, 3.63) is 71.0 Å². The van der Waals surface area contributed by atoms with Crippen LogP contribution < -0.4 is 0 Å². The molecule has 0 amide bonds. The first-order valence-corrected chi connectivity index (χ1v) is 7.62. The predicted molar refractivity (Wildman–Crippen MR) is 82.7 cm³/mol. The number of benzene rings is 2. The third-order valence-electron chi connectivity index (χ3n) is 4.55. The van der Waals surface area contributed by atoms with E-state index in [-0.39, 0.29) is 5.82 Å². The molecule has 2 aromatic rings. The Kier molecular flexibility index (Phi) is 3.81. The predicted octanol–water partition coefficient (Wildman–Crippen LogP) is 4.54. The maximum atomic E-state index is 13.3. The summed E-state index contributed by atoms with van der Waals surface area (Å²) in [7, 11) is 0. The zero-order valence-electron chi connectivity index (χ0n) is 12.3. The molecule has 1 unspecified atom stereocenters. The SMILES string of the molecule is CC(O)(Cc1cccc(F)c1)c1ccc(C2CCC2)cc1. The van der Waals surface area contributed by atoms with Crippen molar-refractivity contribution in [1.82, 2.24) is 0 Å². The minimum Gasteiger partial charge on any atom is -0.385 e. The van der Waals surface area contributed by atoms with Gasteiger partial charge < -0.3 is 5.11 Å². The summed E-state index contributed by atoms with van der Waals surface area (Å²) in [5.74, 6) is 0.441. The number of hydrogen-bond acceptors (Lipinski definition) is 1. The van der Waals surface area contributed by atoms with Gasteiger partial charge in [0.15, 0.2) is 0 Å². The van der Waals surface area contributed by atoms with Gasteiger partial charge in [-0.3, -0.25) is 0 Å². The lowest BCUT2D eigenvalue weighted by Crippen LogP contribution is -2.24. The van der Waals surface area contributed by atoms with Crippen LogP contribution in [-0.2, 0) is 12.0 Å². The molecule has 0 bridgehead atoms. The van der Waals surface area contributed by atoms with E-state index in [2.05, 4.69) is 12.1 Å². The van der Waals surface area contributed by atoms with Gasteiger partial charge in [0.05, 0.1) is 5.60 Å². The zero-order chi connectivity index (χ0) is 14.9. The van der Waals surface area contributed by atoms with E-state index in [0.717, 1.165) is 11.1 Å². The fraction of sp³-hybridized carbons (Fsp3) is 0.368. The Hall–Kier alpha value is -1.67. The molecule has 0 saturated heterocycles. The molecule has 2 aromatic carbocycles. The van der Waals surface area contributed by atoms with Gasteiger partial charge in [-0.2, -0.15) is 0 Å². The summed E-state index contributed by atoms with van der Waals surface area (Å²) >= 11 is 0. The molecule has 1 nitrogen and oxygen atoms in total. The highest BCUT2D eigenvalue weighted by atomic mass is 19.1. The van der Waals surface area contributed by atoms with Crippen LogP contribution >= 0.6 is 0 Å². The summed E-state index contributed by atoms with van der Waals surface area (Å²) in [5, 5.41) is 10.7. The average molecular weight is 284 g/mol. The van der Waals surface area contributed by atoms with Gasteiger partial charge in [-0.05, 0) is 54.5 Å². The van der Waals surface area contributed by atoms with E-state index in [4.69, 9.17) is 0 Å². The van der Waals surface area contributed by atoms with E-state index in [1.54, 1.807) is 13.0 Å². The Morgan fingerprint density at radius 3 is 2.43 bits per heavy atom. The summed E-state index contributed by atoms with van der Waals surface area (Å²) in [6, 6.07) is 14.7. The molecule has 1 aliphatic rings. The largest absolute Gasteiger partial charge is 0.385 e. The molecule has 2 heteroatoms. The number of aliphatic hydroxyl groups is 1. The Morgan fingerprint density at radius 2 is 1.86 bits per heavy atom. The van der Waals surface area contributed by atoms with Crippen molar-refractivity contribution in [2.75, 3.05) is 0 Å². The van der Waals surface area contributed by atoms with E-state index < -0.39 is 5.60 Å². The standard InChI is InChI=1S/C19H21FO/c1-19(21,13-14-4-2-7-18(20)12-14)17-10-8-16(9-11-17)15-5-3-6-15/h2,4,7-12,15,21H,3,5-6,13H2,1H3. The Bertz CT molecular complexity index is 612. The minimum atomic E-state index is -0.980. The first kappa shape index (κ1) is 14.3. The van der Waals surface area contributed by atoms with Gasteiger partial charge in [0.2, 0.25) is 0 Å². The highest BCUT2D eigenvalue weighted by Gasteiger charge is 2.25. The van der Waals surface area contributed by atoms with E-state index in [9.17, 15) is 9.50 Å². The second-order valence-electron chi connectivity index (χ2n) is 6.33.